The third-order valence-electron chi connectivity index (χ3n) is 4.51. The second kappa shape index (κ2) is 6.63. The van der Waals surface area contributed by atoms with Crippen LogP contribution in [0.5, 0.6) is 17.2 Å². The van der Waals surface area contributed by atoms with Gasteiger partial charge in [-0.2, -0.15) is 0 Å². The summed E-state index contributed by atoms with van der Waals surface area (Å²) in [6, 6.07) is 11.3. The van der Waals surface area contributed by atoms with Gasteiger partial charge in [-0.25, -0.2) is 0 Å². The molecule has 0 aromatic heterocycles. The Bertz CT molecular complexity index is 848. The van der Waals surface area contributed by atoms with E-state index in [0.717, 1.165) is 11.3 Å². The van der Waals surface area contributed by atoms with Crippen LogP contribution in [0.4, 0.5) is 5.69 Å². The molecule has 6 nitrogen and oxygen atoms in total. The van der Waals surface area contributed by atoms with Crippen LogP contribution in [0, 0.1) is 0 Å². The quantitative estimate of drug-likeness (QED) is 0.856. The number of hydrogen-bond donors (Lipinski definition) is 1. The summed E-state index contributed by atoms with van der Waals surface area (Å²) in [5, 5.41) is 3.44. The number of nitrogens with zero attached hydrogens (tertiary/aromatic N) is 1. The molecule has 0 bridgehead atoms. The first-order valence-electron chi connectivity index (χ1n) is 8.48. The average Bonchev–Trinajstić information content (AvgIpc) is 2.69. The van der Waals surface area contributed by atoms with Gasteiger partial charge in [-0.15, -0.1) is 6.58 Å². The van der Waals surface area contributed by atoms with Gasteiger partial charge in [-0.05, 0) is 24.3 Å². The summed E-state index contributed by atoms with van der Waals surface area (Å²) in [5.41, 5.74) is 2.31. The molecule has 4 rings (SSSR count). The van der Waals surface area contributed by atoms with Crippen molar-refractivity contribution in [3.8, 4) is 17.2 Å². The molecule has 134 valence electrons. The van der Waals surface area contributed by atoms with Crippen LogP contribution in [0.25, 0.3) is 0 Å². The lowest BCUT2D eigenvalue weighted by Gasteiger charge is -2.38. The number of hydrogen-bond acceptors (Lipinski definition) is 5. The van der Waals surface area contributed by atoms with Gasteiger partial charge >= 0.3 is 0 Å². The van der Waals surface area contributed by atoms with E-state index in [-0.39, 0.29) is 12.1 Å². The van der Waals surface area contributed by atoms with E-state index < -0.39 is 0 Å². The fraction of sp³-hybridized carbons (Fsp3) is 0.250. The highest BCUT2D eigenvalue weighted by atomic mass is 16.6. The number of nitrogens with one attached hydrogen (secondary N) is 1. The molecule has 26 heavy (non-hydrogen) atoms. The summed E-state index contributed by atoms with van der Waals surface area (Å²) in [6.07, 6.45) is 1.36. The molecule has 0 saturated heterocycles. The van der Waals surface area contributed by atoms with E-state index in [9.17, 15) is 4.79 Å². The minimum Gasteiger partial charge on any atom is -0.493 e. The second-order valence-electron chi connectivity index (χ2n) is 6.09. The third-order valence-corrected chi connectivity index (χ3v) is 4.51. The van der Waals surface area contributed by atoms with Crippen LogP contribution >= 0.6 is 0 Å². The first kappa shape index (κ1) is 16.3. The van der Waals surface area contributed by atoms with Gasteiger partial charge in [0.1, 0.15) is 19.4 Å². The van der Waals surface area contributed by atoms with Crippen LogP contribution in [0.2, 0.25) is 0 Å². The monoisotopic (exact) mass is 352 g/mol. The lowest BCUT2D eigenvalue weighted by molar-refractivity contribution is 0.0706. The van der Waals surface area contributed by atoms with Gasteiger partial charge in [0.2, 0.25) is 5.75 Å². The first-order chi connectivity index (χ1) is 12.7. The molecule has 1 unspecified atom stereocenters. The lowest BCUT2D eigenvalue weighted by Crippen LogP contribution is -2.43. The predicted octanol–water partition coefficient (Wildman–Crippen LogP) is 3.22. The largest absolute Gasteiger partial charge is 0.493 e. The summed E-state index contributed by atoms with van der Waals surface area (Å²) in [6.45, 7) is 5.17. The molecule has 0 radical (unpaired) electrons. The minimum absolute atomic E-state index is 0.0434. The number of carbonyl (C=O) groups excluding carboxylic acids is 1. The van der Waals surface area contributed by atoms with E-state index in [4.69, 9.17) is 14.2 Å². The molecule has 1 N–H and O–H groups in total. The van der Waals surface area contributed by atoms with Crippen LogP contribution in [0.1, 0.15) is 22.1 Å². The van der Waals surface area contributed by atoms with Crippen molar-refractivity contribution in [2.75, 3.05) is 32.2 Å². The highest BCUT2D eigenvalue weighted by Gasteiger charge is 2.33. The van der Waals surface area contributed by atoms with Gasteiger partial charge < -0.3 is 24.4 Å². The predicted molar refractivity (Wildman–Crippen MR) is 98.0 cm³/mol. The second-order valence-corrected chi connectivity index (χ2v) is 6.09. The normalized spacial score (nSPS) is 18.0. The Morgan fingerprint density at radius 1 is 1.31 bits per heavy atom. The summed E-state index contributed by atoms with van der Waals surface area (Å²) in [7, 11) is 1.59. The number of ether oxygens (including phenoxy) is 3. The van der Waals surface area contributed by atoms with Crippen molar-refractivity contribution in [2.45, 2.75) is 6.17 Å². The third kappa shape index (κ3) is 2.63. The number of para-hydroxylation sites is 1. The molecule has 2 aromatic rings. The molecule has 2 heterocycles. The van der Waals surface area contributed by atoms with E-state index >= 15 is 0 Å². The molecule has 2 aromatic carbocycles. The van der Waals surface area contributed by atoms with Crippen LogP contribution in [-0.4, -0.2) is 37.7 Å². The maximum atomic E-state index is 13.0. The number of benzene rings is 2. The number of fused-ring (bicyclic) bond motifs is 2. The summed E-state index contributed by atoms with van der Waals surface area (Å²) in [5.74, 6) is 1.76. The molecule has 2 aliphatic heterocycles. The van der Waals surface area contributed by atoms with Gasteiger partial charge in [0, 0.05) is 17.8 Å². The van der Waals surface area contributed by atoms with Crippen molar-refractivity contribution in [3.63, 3.8) is 0 Å². The molecule has 2 aliphatic rings. The summed E-state index contributed by atoms with van der Waals surface area (Å²) in [4.78, 5) is 14.7. The van der Waals surface area contributed by atoms with Gasteiger partial charge in [0.05, 0.1) is 12.7 Å². The number of anilines is 1. The van der Waals surface area contributed by atoms with Crippen molar-refractivity contribution in [1.82, 2.24) is 4.90 Å². The molecule has 6 heteroatoms. The maximum Gasteiger partial charge on any atom is 0.258 e. The molecular formula is C20H20N2O4. The lowest BCUT2D eigenvalue weighted by atomic mass is 10.0. The maximum absolute atomic E-state index is 13.0. The van der Waals surface area contributed by atoms with Crippen LogP contribution in [0.3, 0.4) is 0 Å². The Morgan fingerprint density at radius 3 is 2.92 bits per heavy atom. The van der Waals surface area contributed by atoms with Crippen molar-refractivity contribution >= 4 is 11.6 Å². The topological polar surface area (TPSA) is 60.0 Å². The van der Waals surface area contributed by atoms with Crippen molar-refractivity contribution < 1.29 is 19.0 Å². The molecule has 0 fully saturated rings. The Morgan fingerprint density at radius 2 is 2.12 bits per heavy atom. The van der Waals surface area contributed by atoms with Gasteiger partial charge in [0.25, 0.3) is 5.91 Å². The number of carbonyl (C=O) groups is 1. The highest BCUT2D eigenvalue weighted by Crippen LogP contribution is 2.43. The molecule has 1 amide bonds. The Kier molecular flexibility index (Phi) is 4.16. The van der Waals surface area contributed by atoms with E-state index in [0.29, 0.717) is 42.6 Å². The van der Waals surface area contributed by atoms with Gasteiger partial charge in [-0.3, -0.25) is 4.79 Å². The Labute approximate surface area is 152 Å². The molecule has 0 aliphatic carbocycles. The number of methoxy groups -OCH3 is 1. The first-order valence-corrected chi connectivity index (χ1v) is 8.48. The fourth-order valence-corrected chi connectivity index (χ4v) is 3.33. The Hall–Kier alpha value is -3.15. The van der Waals surface area contributed by atoms with Crippen molar-refractivity contribution in [2.24, 2.45) is 0 Å². The standard InChI is InChI=1S/C20H20N2O4/c1-3-8-22-19(21-15-7-5-4-6-14(15)20(22)23)13-11-16(24-2)18-17(12-13)25-9-10-26-18/h3-7,11-12,19,21H,1,8-10H2,2H3. The van der Waals surface area contributed by atoms with Crippen LogP contribution in [0.15, 0.2) is 49.1 Å². The van der Waals surface area contributed by atoms with E-state index in [2.05, 4.69) is 11.9 Å². The highest BCUT2D eigenvalue weighted by molar-refractivity contribution is 6.01. The van der Waals surface area contributed by atoms with Gasteiger partial charge in [0.15, 0.2) is 11.5 Å². The van der Waals surface area contributed by atoms with Crippen LogP contribution < -0.4 is 19.5 Å². The fourth-order valence-electron chi connectivity index (χ4n) is 3.33. The smallest absolute Gasteiger partial charge is 0.258 e. The van der Waals surface area contributed by atoms with Gasteiger partial charge in [-0.1, -0.05) is 18.2 Å². The van der Waals surface area contributed by atoms with E-state index in [1.165, 1.54) is 0 Å². The van der Waals surface area contributed by atoms with E-state index in [1.54, 1.807) is 18.1 Å². The minimum atomic E-state index is -0.361. The zero-order chi connectivity index (χ0) is 18.1. The number of rotatable bonds is 4. The SMILES string of the molecule is C=CCN1C(=O)c2ccccc2NC1c1cc(OC)c2c(c1)OCCO2. The molecular weight excluding hydrogens is 332 g/mol. The molecule has 0 saturated carbocycles. The van der Waals surface area contributed by atoms with Crippen molar-refractivity contribution in [1.29, 1.82) is 0 Å². The molecule has 0 spiro atoms. The molecule has 1 atom stereocenters. The zero-order valence-electron chi connectivity index (χ0n) is 14.5. The van der Waals surface area contributed by atoms with Crippen LogP contribution in [-0.2, 0) is 0 Å². The summed E-state index contributed by atoms with van der Waals surface area (Å²) < 4.78 is 16.9. The zero-order valence-corrected chi connectivity index (χ0v) is 14.5. The Balaban J connectivity index is 1.80. The number of amides is 1. The average molecular weight is 352 g/mol. The van der Waals surface area contributed by atoms with Crippen molar-refractivity contribution in [3.05, 3.63) is 60.2 Å². The van der Waals surface area contributed by atoms with E-state index in [1.807, 2.05) is 36.4 Å². The summed E-state index contributed by atoms with van der Waals surface area (Å²) >= 11 is 0.